The quantitative estimate of drug-likeness (QED) is 0.405. The first kappa shape index (κ1) is 14.2. The summed E-state index contributed by atoms with van der Waals surface area (Å²) in [7, 11) is 0. The van der Waals surface area contributed by atoms with E-state index in [1.54, 1.807) is 0 Å². The van der Waals surface area contributed by atoms with Crippen LogP contribution in [0.15, 0.2) is 84.9 Å². The first-order chi connectivity index (χ1) is 10.3. The fraction of sp³-hybridized carbons (Fsp3) is 0. The van der Waals surface area contributed by atoms with Crippen LogP contribution < -0.4 is 3.27 Å². The molecule has 0 saturated heterocycles. The molecule has 0 saturated carbocycles. The molecular formula is C20H15Bi. The summed E-state index contributed by atoms with van der Waals surface area (Å²) >= 11 is 1.30. The van der Waals surface area contributed by atoms with Crippen molar-refractivity contribution in [2.24, 2.45) is 0 Å². The molecule has 0 bridgehead atoms. The average molecular weight is 464 g/mol. The van der Waals surface area contributed by atoms with Gasteiger partial charge in [-0.15, -0.1) is 0 Å². The summed E-state index contributed by atoms with van der Waals surface area (Å²) in [6, 6.07) is 29.9. The molecule has 0 aliphatic heterocycles. The topological polar surface area (TPSA) is 0 Å². The second-order valence-electron chi connectivity index (χ2n) is 4.88. The van der Waals surface area contributed by atoms with Crippen LogP contribution in [0.3, 0.4) is 0 Å². The van der Waals surface area contributed by atoms with Crippen molar-refractivity contribution in [3.05, 3.63) is 102 Å². The van der Waals surface area contributed by atoms with Gasteiger partial charge < -0.3 is 0 Å². The minimum atomic E-state index is 1.24. The van der Waals surface area contributed by atoms with Gasteiger partial charge in [0.15, 0.2) is 0 Å². The van der Waals surface area contributed by atoms with Crippen molar-refractivity contribution in [3.8, 4) is 0 Å². The molecule has 2 radical (unpaired) electrons. The van der Waals surface area contributed by atoms with Crippen LogP contribution in [0, 0.1) is 0 Å². The first-order valence-electron chi connectivity index (χ1n) is 6.94. The van der Waals surface area contributed by atoms with Crippen molar-refractivity contribution >= 4 is 39.6 Å². The molecule has 3 aromatic rings. The molecule has 0 N–H and O–H groups in total. The second kappa shape index (κ2) is 6.83. The summed E-state index contributed by atoms with van der Waals surface area (Å²) in [5.74, 6) is 0. The van der Waals surface area contributed by atoms with Crippen LogP contribution >= 0.6 is 0 Å². The fourth-order valence-corrected chi connectivity index (χ4v) is 2.89. The molecule has 3 aromatic carbocycles. The standard InChI is InChI=1S/C20H15.Bi/c1-4-10-17(11-5-1)16-20(18-12-6-2-7-13-18)19-14-8-3-9-15-19;/h2-16H;. The van der Waals surface area contributed by atoms with Gasteiger partial charge in [-0.25, -0.2) is 0 Å². The normalized spacial score (nSPS) is 10.1. The fourth-order valence-electron chi connectivity index (χ4n) is 2.31. The molecule has 0 nitrogen and oxygen atoms in total. The number of rotatable bonds is 3. The number of benzene rings is 3. The van der Waals surface area contributed by atoms with Gasteiger partial charge in [0, 0.05) is 0 Å². The third-order valence-corrected chi connectivity index (χ3v) is 4.53. The van der Waals surface area contributed by atoms with Crippen molar-refractivity contribution in [2.45, 2.75) is 0 Å². The van der Waals surface area contributed by atoms with E-state index in [-0.39, 0.29) is 0 Å². The molecule has 0 unspecified atom stereocenters. The Morgan fingerprint density at radius 1 is 0.619 bits per heavy atom. The number of hydrogen-bond acceptors (Lipinski definition) is 0. The van der Waals surface area contributed by atoms with Crippen LogP contribution in [0.5, 0.6) is 0 Å². The van der Waals surface area contributed by atoms with Gasteiger partial charge >= 0.3 is 141 Å². The van der Waals surface area contributed by atoms with E-state index < -0.39 is 0 Å². The Kier molecular flexibility index (Phi) is 4.63. The molecule has 0 aliphatic carbocycles. The first-order valence-corrected chi connectivity index (χ1v) is 8.68. The van der Waals surface area contributed by atoms with Crippen LogP contribution in [0.2, 0.25) is 0 Å². The Labute approximate surface area is 141 Å². The van der Waals surface area contributed by atoms with Gasteiger partial charge in [0.2, 0.25) is 0 Å². The van der Waals surface area contributed by atoms with E-state index >= 15 is 0 Å². The van der Waals surface area contributed by atoms with E-state index in [1.807, 2.05) is 0 Å². The zero-order chi connectivity index (χ0) is 14.5. The van der Waals surface area contributed by atoms with E-state index in [0.29, 0.717) is 0 Å². The van der Waals surface area contributed by atoms with Crippen molar-refractivity contribution < 1.29 is 0 Å². The Morgan fingerprint density at radius 2 is 1.10 bits per heavy atom. The van der Waals surface area contributed by atoms with Gasteiger partial charge in [-0.05, 0) is 0 Å². The zero-order valence-corrected chi connectivity index (χ0v) is 15.1. The van der Waals surface area contributed by atoms with Gasteiger partial charge in [-0.2, -0.15) is 0 Å². The van der Waals surface area contributed by atoms with Gasteiger partial charge in [-0.1, -0.05) is 0 Å². The Balaban J connectivity index is 2.10. The third-order valence-electron chi connectivity index (χ3n) is 3.37. The van der Waals surface area contributed by atoms with Crippen molar-refractivity contribution in [1.29, 1.82) is 0 Å². The third kappa shape index (κ3) is 3.68. The van der Waals surface area contributed by atoms with Crippen LogP contribution in [-0.4, -0.2) is 24.7 Å². The molecule has 0 fully saturated rings. The SMILES string of the molecule is [Bi][c]1ccc(C=C(c2ccccc2)c2ccccc2)cc1. The molecule has 0 atom stereocenters. The summed E-state index contributed by atoms with van der Waals surface area (Å²) in [6.07, 6.45) is 2.27. The monoisotopic (exact) mass is 464 g/mol. The summed E-state index contributed by atoms with van der Waals surface area (Å²) in [5.41, 5.74) is 5.00. The van der Waals surface area contributed by atoms with Crippen molar-refractivity contribution in [1.82, 2.24) is 0 Å². The van der Waals surface area contributed by atoms with Crippen LogP contribution in [0.25, 0.3) is 11.6 Å². The molecule has 0 spiro atoms. The summed E-state index contributed by atoms with van der Waals surface area (Å²) in [4.78, 5) is 0. The van der Waals surface area contributed by atoms with Gasteiger partial charge in [0.25, 0.3) is 0 Å². The molecule has 21 heavy (non-hydrogen) atoms. The zero-order valence-electron chi connectivity index (χ0n) is 11.6. The van der Waals surface area contributed by atoms with E-state index in [1.165, 1.54) is 50.3 Å². The summed E-state index contributed by atoms with van der Waals surface area (Å²) < 4.78 is 1.40. The maximum atomic E-state index is 2.27. The van der Waals surface area contributed by atoms with E-state index in [9.17, 15) is 0 Å². The summed E-state index contributed by atoms with van der Waals surface area (Å²) in [5, 5.41) is 0. The van der Waals surface area contributed by atoms with Gasteiger partial charge in [0.05, 0.1) is 0 Å². The molecule has 1 heteroatoms. The minimum absolute atomic E-state index is 1.24. The number of hydrogen-bond donors (Lipinski definition) is 0. The molecule has 0 aliphatic rings. The predicted molar refractivity (Wildman–Crippen MR) is 91.7 cm³/mol. The second-order valence-corrected chi connectivity index (χ2v) is 6.89. The van der Waals surface area contributed by atoms with Gasteiger partial charge in [-0.3, -0.25) is 0 Å². The van der Waals surface area contributed by atoms with Crippen LogP contribution in [0.1, 0.15) is 16.7 Å². The predicted octanol–water partition coefficient (Wildman–Crippen LogP) is 4.07. The van der Waals surface area contributed by atoms with E-state index in [2.05, 4.69) is 91.0 Å². The molecule has 0 amide bonds. The van der Waals surface area contributed by atoms with Crippen LogP contribution in [0.4, 0.5) is 0 Å². The van der Waals surface area contributed by atoms with E-state index in [4.69, 9.17) is 0 Å². The summed E-state index contributed by atoms with van der Waals surface area (Å²) in [6.45, 7) is 0. The van der Waals surface area contributed by atoms with Gasteiger partial charge in [0.1, 0.15) is 0 Å². The molecule has 0 heterocycles. The molecule has 3 rings (SSSR count). The molecule has 0 aromatic heterocycles. The maximum absolute atomic E-state index is 2.27. The van der Waals surface area contributed by atoms with Crippen LogP contribution in [-0.2, 0) is 0 Å². The average Bonchev–Trinajstić information content (AvgIpc) is 2.56. The Morgan fingerprint density at radius 3 is 1.57 bits per heavy atom. The molecular weight excluding hydrogens is 449 g/mol. The van der Waals surface area contributed by atoms with Crippen molar-refractivity contribution in [3.63, 3.8) is 0 Å². The molecule has 100 valence electrons. The van der Waals surface area contributed by atoms with Crippen molar-refractivity contribution in [2.75, 3.05) is 0 Å². The van der Waals surface area contributed by atoms with E-state index in [0.717, 1.165) is 0 Å². The Hall–Kier alpha value is -1.72. The Bertz CT molecular complexity index is 684.